The van der Waals surface area contributed by atoms with Crippen LogP contribution in [0.25, 0.3) is 0 Å². The van der Waals surface area contributed by atoms with Gasteiger partial charge >= 0.3 is 0 Å². The maximum Gasteiger partial charge on any atom is 0.0542 e. The Morgan fingerprint density at radius 2 is 2.31 bits per heavy atom. The fraction of sp³-hybridized carbons (Fsp3) is 0.583. The lowest BCUT2D eigenvalue weighted by Crippen LogP contribution is -2.25. The molecule has 0 spiro atoms. The van der Waals surface area contributed by atoms with Crippen molar-refractivity contribution in [3.05, 3.63) is 29.6 Å². The van der Waals surface area contributed by atoms with E-state index in [0.717, 1.165) is 12.2 Å². The molecule has 2 rings (SSSR count). The maximum absolute atomic E-state index is 5.60. The van der Waals surface area contributed by atoms with Crippen LogP contribution in [0, 0.1) is 0 Å². The zero-order valence-corrected chi connectivity index (χ0v) is 10.4. The first kappa shape index (κ1) is 11.9. The first-order valence-electron chi connectivity index (χ1n) is 5.82. The third-order valence-corrected chi connectivity index (χ3v) is 3.86. The molecular weight excluding hydrogens is 218 g/mol. The lowest BCUT2D eigenvalue weighted by atomic mass is 10.2. The lowest BCUT2D eigenvalue weighted by Gasteiger charge is -2.19. The van der Waals surface area contributed by atoms with Crippen molar-refractivity contribution in [2.45, 2.75) is 19.5 Å². The third-order valence-electron chi connectivity index (χ3n) is 2.81. The standard InChI is InChI=1S/C12H19N3S/c13-9-12-8-11(2-3-14-12)10-15-4-1-6-16-7-5-15/h2-3,8H,1,4-7,9-10,13H2. The molecule has 4 heteroatoms. The van der Waals surface area contributed by atoms with Gasteiger partial charge in [-0.15, -0.1) is 0 Å². The van der Waals surface area contributed by atoms with E-state index in [-0.39, 0.29) is 0 Å². The van der Waals surface area contributed by atoms with E-state index in [1.54, 1.807) is 0 Å². The van der Waals surface area contributed by atoms with E-state index in [0.29, 0.717) is 6.54 Å². The van der Waals surface area contributed by atoms with Gasteiger partial charge in [-0.05, 0) is 36.4 Å². The van der Waals surface area contributed by atoms with Crippen LogP contribution in [0.4, 0.5) is 0 Å². The summed E-state index contributed by atoms with van der Waals surface area (Å²) in [7, 11) is 0. The summed E-state index contributed by atoms with van der Waals surface area (Å²) >= 11 is 2.06. The highest BCUT2D eigenvalue weighted by molar-refractivity contribution is 7.99. The van der Waals surface area contributed by atoms with Crippen molar-refractivity contribution >= 4 is 11.8 Å². The third kappa shape index (κ3) is 3.47. The Kier molecular flexibility index (Phi) is 4.63. The Morgan fingerprint density at radius 3 is 3.19 bits per heavy atom. The zero-order valence-electron chi connectivity index (χ0n) is 9.56. The van der Waals surface area contributed by atoms with E-state index in [1.165, 1.54) is 36.6 Å². The lowest BCUT2D eigenvalue weighted by molar-refractivity contribution is 0.287. The van der Waals surface area contributed by atoms with Gasteiger partial charge in [0, 0.05) is 31.6 Å². The minimum absolute atomic E-state index is 0.531. The van der Waals surface area contributed by atoms with E-state index < -0.39 is 0 Å². The summed E-state index contributed by atoms with van der Waals surface area (Å²) in [4.78, 5) is 6.75. The second-order valence-electron chi connectivity index (χ2n) is 4.10. The van der Waals surface area contributed by atoms with Crippen LogP contribution in [0.1, 0.15) is 17.7 Å². The van der Waals surface area contributed by atoms with Crippen molar-refractivity contribution in [2.75, 3.05) is 24.6 Å². The van der Waals surface area contributed by atoms with Gasteiger partial charge in [-0.3, -0.25) is 9.88 Å². The molecule has 0 bridgehead atoms. The molecule has 0 unspecified atom stereocenters. The molecule has 2 heterocycles. The first-order valence-corrected chi connectivity index (χ1v) is 6.98. The monoisotopic (exact) mass is 237 g/mol. The van der Waals surface area contributed by atoms with Gasteiger partial charge in [0.1, 0.15) is 0 Å². The minimum Gasteiger partial charge on any atom is -0.325 e. The second-order valence-corrected chi connectivity index (χ2v) is 5.33. The Bertz CT molecular complexity index is 322. The van der Waals surface area contributed by atoms with Crippen molar-refractivity contribution < 1.29 is 0 Å². The summed E-state index contributed by atoms with van der Waals surface area (Å²) < 4.78 is 0. The molecule has 3 nitrogen and oxygen atoms in total. The molecule has 16 heavy (non-hydrogen) atoms. The molecule has 1 aliphatic heterocycles. The number of pyridine rings is 1. The van der Waals surface area contributed by atoms with Crippen LogP contribution >= 0.6 is 11.8 Å². The van der Waals surface area contributed by atoms with Crippen LogP contribution in [0.2, 0.25) is 0 Å². The molecule has 88 valence electrons. The summed E-state index contributed by atoms with van der Waals surface area (Å²) in [6.07, 6.45) is 3.17. The minimum atomic E-state index is 0.531. The van der Waals surface area contributed by atoms with Crippen molar-refractivity contribution in [3.63, 3.8) is 0 Å². The molecule has 0 radical (unpaired) electrons. The molecule has 0 amide bonds. The molecule has 0 aromatic carbocycles. The highest BCUT2D eigenvalue weighted by atomic mass is 32.2. The first-order chi connectivity index (χ1) is 7.88. The molecule has 0 saturated carbocycles. The average Bonchev–Trinajstić information content (AvgIpc) is 2.58. The van der Waals surface area contributed by atoms with Gasteiger partial charge in [-0.25, -0.2) is 0 Å². The molecule has 2 N–H and O–H groups in total. The van der Waals surface area contributed by atoms with Crippen LogP contribution < -0.4 is 5.73 Å². The van der Waals surface area contributed by atoms with E-state index >= 15 is 0 Å². The predicted octanol–water partition coefficient (Wildman–Crippen LogP) is 1.48. The molecule has 1 fully saturated rings. The summed E-state index contributed by atoms with van der Waals surface area (Å²) in [6, 6.07) is 4.22. The van der Waals surface area contributed by atoms with Crippen LogP contribution in [0.3, 0.4) is 0 Å². The second kappa shape index (κ2) is 6.23. The predicted molar refractivity (Wildman–Crippen MR) is 69.3 cm³/mol. The van der Waals surface area contributed by atoms with Crippen LogP contribution in [0.5, 0.6) is 0 Å². The Hall–Kier alpha value is -0.580. The normalized spacial score (nSPS) is 18.3. The Balaban J connectivity index is 1.96. The van der Waals surface area contributed by atoms with Crippen molar-refractivity contribution in [3.8, 4) is 0 Å². The number of aromatic nitrogens is 1. The number of rotatable bonds is 3. The average molecular weight is 237 g/mol. The quantitative estimate of drug-likeness (QED) is 0.864. The number of hydrogen-bond acceptors (Lipinski definition) is 4. The number of nitrogens with two attached hydrogens (primary N) is 1. The molecular formula is C12H19N3S. The molecule has 1 saturated heterocycles. The van der Waals surface area contributed by atoms with Crippen molar-refractivity contribution in [1.29, 1.82) is 0 Å². The highest BCUT2D eigenvalue weighted by Crippen LogP contribution is 2.13. The van der Waals surface area contributed by atoms with Gasteiger partial charge in [-0.2, -0.15) is 11.8 Å². The number of nitrogens with zero attached hydrogens (tertiary/aromatic N) is 2. The maximum atomic E-state index is 5.60. The van der Waals surface area contributed by atoms with Gasteiger partial charge in [0.2, 0.25) is 0 Å². The van der Waals surface area contributed by atoms with Crippen LogP contribution in [-0.2, 0) is 13.1 Å². The van der Waals surface area contributed by atoms with Crippen LogP contribution in [0.15, 0.2) is 18.3 Å². The Morgan fingerprint density at radius 1 is 1.38 bits per heavy atom. The summed E-state index contributed by atoms with van der Waals surface area (Å²) in [6.45, 7) is 3.98. The molecule has 1 aromatic heterocycles. The fourth-order valence-electron chi connectivity index (χ4n) is 1.95. The summed E-state index contributed by atoms with van der Waals surface area (Å²) in [5.41, 5.74) is 7.92. The fourth-order valence-corrected chi connectivity index (χ4v) is 2.88. The van der Waals surface area contributed by atoms with Crippen LogP contribution in [-0.4, -0.2) is 34.5 Å². The SMILES string of the molecule is NCc1cc(CN2CCCSCC2)ccn1. The van der Waals surface area contributed by atoms with Gasteiger partial charge in [-0.1, -0.05) is 0 Å². The summed E-state index contributed by atoms with van der Waals surface area (Å²) in [5.74, 6) is 2.57. The van der Waals surface area contributed by atoms with Gasteiger partial charge < -0.3 is 5.73 Å². The largest absolute Gasteiger partial charge is 0.325 e. The van der Waals surface area contributed by atoms with Gasteiger partial charge in [0.05, 0.1) is 5.69 Å². The van der Waals surface area contributed by atoms with Crippen molar-refractivity contribution in [1.82, 2.24) is 9.88 Å². The van der Waals surface area contributed by atoms with Gasteiger partial charge in [0.15, 0.2) is 0 Å². The molecule has 0 aliphatic carbocycles. The Labute approximate surface area is 101 Å². The zero-order chi connectivity index (χ0) is 11.2. The molecule has 0 atom stereocenters. The smallest absolute Gasteiger partial charge is 0.0542 e. The van der Waals surface area contributed by atoms with E-state index in [4.69, 9.17) is 5.73 Å². The summed E-state index contributed by atoms with van der Waals surface area (Å²) in [5, 5.41) is 0. The van der Waals surface area contributed by atoms with Crippen molar-refractivity contribution in [2.24, 2.45) is 5.73 Å². The topological polar surface area (TPSA) is 42.1 Å². The van der Waals surface area contributed by atoms with Gasteiger partial charge in [0.25, 0.3) is 0 Å². The van der Waals surface area contributed by atoms with E-state index in [2.05, 4.69) is 33.8 Å². The van der Waals surface area contributed by atoms with E-state index in [1.807, 2.05) is 6.20 Å². The van der Waals surface area contributed by atoms with E-state index in [9.17, 15) is 0 Å². The number of thioether (sulfide) groups is 1. The number of hydrogen-bond donors (Lipinski definition) is 1. The highest BCUT2D eigenvalue weighted by Gasteiger charge is 2.09. The molecule has 1 aromatic rings. The molecule has 1 aliphatic rings.